The molecule has 5 nitrogen and oxygen atoms in total. The molecule has 1 N–H and O–H groups in total. The number of rotatable bonds is 3. The minimum Gasteiger partial charge on any atom is -0.340 e. The van der Waals surface area contributed by atoms with Crippen LogP contribution in [0, 0.1) is 0 Å². The van der Waals surface area contributed by atoms with Gasteiger partial charge in [0.05, 0.1) is 0 Å². The van der Waals surface area contributed by atoms with Crippen LogP contribution in [0.15, 0.2) is 36.9 Å². The van der Waals surface area contributed by atoms with Crippen molar-refractivity contribution in [3.8, 4) is 11.1 Å². The lowest BCUT2D eigenvalue weighted by atomic mass is 10.1. The summed E-state index contributed by atoms with van der Waals surface area (Å²) in [5, 5.41) is 3.42. The maximum Gasteiger partial charge on any atom is 0.225 e. The van der Waals surface area contributed by atoms with Gasteiger partial charge in [0.25, 0.3) is 0 Å². The Balaban J connectivity index is 1.75. The van der Waals surface area contributed by atoms with Crippen LogP contribution in [0.2, 0.25) is 0 Å². The molecule has 5 heteroatoms. The van der Waals surface area contributed by atoms with Crippen LogP contribution in [-0.2, 0) is 0 Å². The predicted octanol–water partition coefficient (Wildman–Crippen LogP) is 1.73. The molecule has 1 atom stereocenters. The molecule has 2 aromatic rings. The Morgan fingerprint density at radius 1 is 1.15 bits per heavy atom. The zero-order chi connectivity index (χ0) is 13.8. The van der Waals surface area contributed by atoms with Gasteiger partial charge in [-0.2, -0.15) is 0 Å². The first-order valence-electron chi connectivity index (χ1n) is 7.00. The molecule has 104 valence electrons. The lowest BCUT2D eigenvalue weighted by molar-refractivity contribution is 0.441. The van der Waals surface area contributed by atoms with Crippen LogP contribution in [0.25, 0.3) is 11.1 Å². The molecule has 0 radical (unpaired) electrons. The Morgan fingerprint density at radius 2 is 1.90 bits per heavy atom. The average molecular weight is 269 g/mol. The van der Waals surface area contributed by atoms with E-state index in [0.717, 1.165) is 30.2 Å². The maximum atomic E-state index is 4.50. The van der Waals surface area contributed by atoms with Gasteiger partial charge >= 0.3 is 0 Å². The summed E-state index contributed by atoms with van der Waals surface area (Å²) in [5.41, 5.74) is 2.11. The summed E-state index contributed by atoms with van der Waals surface area (Å²) in [6.07, 6.45) is 9.73. The molecule has 0 saturated carbocycles. The number of piperidine rings is 1. The fraction of sp³-hybridized carbons (Fsp3) is 0.400. The first-order valence-corrected chi connectivity index (χ1v) is 7.00. The minimum absolute atomic E-state index is 0.482. The Labute approximate surface area is 119 Å². The third-order valence-corrected chi connectivity index (χ3v) is 3.79. The first kappa shape index (κ1) is 13.0. The largest absolute Gasteiger partial charge is 0.340 e. The summed E-state index contributed by atoms with van der Waals surface area (Å²) in [6.45, 7) is 2.12. The summed E-state index contributed by atoms with van der Waals surface area (Å²) in [6, 6.07) is 4.41. The molecule has 3 heterocycles. The van der Waals surface area contributed by atoms with Gasteiger partial charge in [0.15, 0.2) is 0 Å². The van der Waals surface area contributed by atoms with E-state index in [0.29, 0.717) is 6.04 Å². The van der Waals surface area contributed by atoms with Gasteiger partial charge in [-0.3, -0.25) is 4.98 Å². The van der Waals surface area contributed by atoms with Gasteiger partial charge in [-0.15, -0.1) is 0 Å². The summed E-state index contributed by atoms with van der Waals surface area (Å²) < 4.78 is 0. The highest BCUT2D eigenvalue weighted by Gasteiger charge is 2.19. The van der Waals surface area contributed by atoms with Crippen molar-refractivity contribution in [1.82, 2.24) is 20.3 Å². The molecule has 1 saturated heterocycles. The molecule has 1 aliphatic heterocycles. The van der Waals surface area contributed by atoms with Crippen LogP contribution >= 0.6 is 0 Å². The van der Waals surface area contributed by atoms with E-state index < -0.39 is 0 Å². The van der Waals surface area contributed by atoms with Crippen LogP contribution < -0.4 is 10.2 Å². The van der Waals surface area contributed by atoms with Crippen molar-refractivity contribution in [1.29, 1.82) is 0 Å². The quantitative estimate of drug-likeness (QED) is 0.919. The fourth-order valence-corrected chi connectivity index (χ4v) is 2.52. The molecule has 1 unspecified atom stereocenters. The Morgan fingerprint density at radius 3 is 2.55 bits per heavy atom. The molecular weight excluding hydrogens is 250 g/mol. The van der Waals surface area contributed by atoms with E-state index in [1.54, 1.807) is 12.4 Å². The van der Waals surface area contributed by atoms with Crippen molar-refractivity contribution >= 4 is 5.95 Å². The second kappa shape index (κ2) is 5.96. The van der Waals surface area contributed by atoms with Crippen molar-refractivity contribution in [2.24, 2.45) is 0 Å². The smallest absolute Gasteiger partial charge is 0.225 e. The van der Waals surface area contributed by atoms with Gasteiger partial charge in [-0.1, -0.05) is 0 Å². The standard InChI is InChI=1S/C15H19N5/c1-20(14-3-2-6-17-11-14)15-18-9-13(10-19-15)12-4-7-16-8-5-12/h4-5,7-10,14,17H,2-3,6,11H2,1H3. The van der Waals surface area contributed by atoms with E-state index in [1.807, 2.05) is 24.5 Å². The summed E-state index contributed by atoms with van der Waals surface area (Å²) in [4.78, 5) is 15.2. The van der Waals surface area contributed by atoms with Gasteiger partial charge < -0.3 is 10.2 Å². The number of likely N-dealkylation sites (N-methyl/N-ethyl adjacent to an activating group) is 1. The predicted molar refractivity (Wildman–Crippen MR) is 79.6 cm³/mol. The Bertz CT molecular complexity index is 534. The second-order valence-electron chi connectivity index (χ2n) is 5.12. The summed E-state index contributed by atoms with van der Waals surface area (Å²) >= 11 is 0. The van der Waals surface area contributed by atoms with Gasteiger partial charge in [0.2, 0.25) is 5.95 Å². The normalized spacial score (nSPS) is 18.8. The topological polar surface area (TPSA) is 53.9 Å². The van der Waals surface area contributed by atoms with Crippen molar-refractivity contribution < 1.29 is 0 Å². The van der Waals surface area contributed by atoms with Crippen molar-refractivity contribution in [3.05, 3.63) is 36.9 Å². The molecule has 2 aromatic heterocycles. The number of hydrogen-bond acceptors (Lipinski definition) is 5. The van der Waals surface area contributed by atoms with Crippen LogP contribution in [-0.4, -0.2) is 41.1 Å². The Hall–Kier alpha value is -2.01. The second-order valence-corrected chi connectivity index (χ2v) is 5.12. The van der Waals surface area contributed by atoms with E-state index in [2.05, 4.69) is 32.2 Å². The summed E-state index contributed by atoms with van der Waals surface area (Å²) in [7, 11) is 2.07. The third kappa shape index (κ3) is 2.77. The molecule has 1 aliphatic rings. The van der Waals surface area contributed by atoms with Crippen molar-refractivity contribution in [3.63, 3.8) is 0 Å². The van der Waals surface area contributed by atoms with Crippen LogP contribution in [0.3, 0.4) is 0 Å². The maximum absolute atomic E-state index is 4.50. The monoisotopic (exact) mass is 269 g/mol. The SMILES string of the molecule is CN(c1ncc(-c2ccncc2)cn1)C1CCCNC1. The highest BCUT2D eigenvalue weighted by atomic mass is 15.3. The molecule has 0 aliphatic carbocycles. The highest BCUT2D eigenvalue weighted by Crippen LogP contribution is 2.19. The van der Waals surface area contributed by atoms with Gasteiger partial charge in [0.1, 0.15) is 0 Å². The molecule has 3 rings (SSSR count). The minimum atomic E-state index is 0.482. The fourth-order valence-electron chi connectivity index (χ4n) is 2.52. The number of pyridine rings is 1. The first-order chi connectivity index (χ1) is 9.84. The average Bonchev–Trinajstić information content (AvgIpc) is 2.56. The zero-order valence-electron chi connectivity index (χ0n) is 11.7. The lowest BCUT2D eigenvalue weighted by Gasteiger charge is -2.31. The number of aromatic nitrogens is 3. The van der Waals surface area contributed by atoms with Gasteiger partial charge in [0, 0.05) is 50.0 Å². The number of nitrogens with zero attached hydrogens (tertiary/aromatic N) is 4. The zero-order valence-corrected chi connectivity index (χ0v) is 11.7. The number of hydrogen-bond donors (Lipinski definition) is 1. The molecule has 0 amide bonds. The van der Waals surface area contributed by atoms with E-state index in [4.69, 9.17) is 0 Å². The van der Waals surface area contributed by atoms with E-state index in [1.165, 1.54) is 12.8 Å². The Kier molecular flexibility index (Phi) is 3.87. The molecule has 0 aromatic carbocycles. The van der Waals surface area contributed by atoms with Gasteiger partial charge in [-0.25, -0.2) is 9.97 Å². The molecule has 0 spiro atoms. The number of anilines is 1. The van der Waals surface area contributed by atoms with Crippen LogP contribution in [0.4, 0.5) is 5.95 Å². The molecule has 20 heavy (non-hydrogen) atoms. The van der Waals surface area contributed by atoms with Gasteiger partial charge in [-0.05, 0) is 37.1 Å². The molecule has 0 bridgehead atoms. The molecule has 1 fully saturated rings. The van der Waals surface area contributed by atoms with E-state index >= 15 is 0 Å². The lowest BCUT2D eigenvalue weighted by Crippen LogP contribution is -2.44. The third-order valence-electron chi connectivity index (χ3n) is 3.79. The van der Waals surface area contributed by atoms with Crippen LogP contribution in [0.5, 0.6) is 0 Å². The molecular formula is C15H19N5. The van der Waals surface area contributed by atoms with Crippen molar-refractivity contribution in [2.45, 2.75) is 18.9 Å². The van der Waals surface area contributed by atoms with E-state index in [-0.39, 0.29) is 0 Å². The highest BCUT2D eigenvalue weighted by molar-refractivity contribution is 5.61. The van der Waals surface area contributed by atoms with Crippen molar-refractivity contribution in [2.75, 3.05) is 25.0 Å². The summed E-state index contributed by atoms with van der Waals surface area (Å²) in [5.74, 6) is 0.788. The van der Waals surface area contributed by atoms with E-state index in [9.17, 15) is 0 Å². The number of nitrogens with one attached hydrogen (secondary N) is 1. The van der Waals surface area contributed by atoms with Crippen LogP contribution in [0.1, 0.15) is 12.8 Å².